The molecule has 0 aliphatic carbocycles. The summed E-state index contributed by atoms with van der Waals surface area (Å²) in [6.45, 7) is 7.53. The molecule has 0 radical (unpaired) electrons. The molecule has 2 N–H and O–H groups in total. The maximum atomic E-state index is 12.9. The number of piperidine rings is 1. The molecule has 0 bridgehead atoms. The Morgan fingerprint density at radius 3 is 2.39 bits per heavy atom. The van der Waals surface area contributed by atoms with Gasteiger partial charge in [-0.05, 0) is 74.6 Å². The number of hydrogen-bond donors (Lipinski definition) is 2. The minimum Gasteiger partial charge on any atom is -0.444 e. The highest BCUT2D eigenvalue weighted by molar-refractivity contribution is 5.93. The largest absolute Gasteiger partial charge is 0.444 e. The molecule has 1 fully saturated rings. The minimum atomic E-state index is -0.535. The Balaban J connectivity index is 1.50. The minimum absolute atomic E-state index is 0.0230. The molecule has 2 aliphatic heterocycles. The van der Waals surface area contributed by atoms with Crippen molar-refractivity contribution in [2.75, 3.05) is 18.0 Å². The molecule has 198 valence electrons. The maximum Gasteiger partial charge on any atom is 0.410 e. The van der Waals surface area contributed by atoms with Crippen molar-refractivity contribution >= 4 is 17.7 Å². The first-order chi connectivity index (χ1) is 18.2. The van der Waals surface area contributed by atoms with Crippen LogP contribution in [-0.2, 0) is 16.7 Å². The Morgan fingerprint density at radius 1 is 1.05 bits per heavy atom. The number of carbonyl (C=O) groups is 2. The molecule has 0 saturated carbocycles. The van der Waals surface area contributed by atoms with Crippen molar-refractivity contribution in [1.82, 2.24) is 15.4 Å². The van der Waals surface area contributed by atoms with Crippen LogP contribution in [0.4, 0.5) is 10.5 Å². The van der Waals surface area contributed by atoms with Crippen LogP contribution in [0, 0.1) is 0 Å². The molecule has 1 unspecified atom stereocenters. The summed E-state index contributed by atoms with van der Waals surface area (Å²) in [6, 6.07) is 20.0. The number of likely N-dealkylation sites (tertiary alicyclic amines) is 1. The summed E-state index contributed by atoms with van der Waals surface area (Å²) in [5.74, 6) is -0.535. The first kappa shape index (κ1) is 25.7. The molecule has 3 aromatic rings. The molecule has 38 heavy (non-hydrogen) atoms. The molecule has 8 nitrogen and oxygen atoms in total. The normalized spacial score (nSPS) is 18.3. The van der Waals surface area contributed by atoms with E-state index in [0.29, 0.717) is 25.2 Å². The molecule has 8 heteroatoms. The number of para-hydroxylation sites is 1. The number of nitrogens with one attached hydrogen (secondary N) is 1. The number of aromatic nitrogens is 1. The van der Waals surface area contributed by atoms with Crippen molar-refractivity contribution in [3.05, 3.63) is 95.3 Å². The first-order valence-electron chi connectivity index (χ1n) is 13.0. The molecular weight excluding hydrogens is 480 g/mol. The molecule has 5 rings (SSSR count). The summed E-state index contributed by atoms with van der Waals surface area (Å²) in [6.07, 6.45) is 5.07. The molecule has 1 aromatic heterocycles. The van der Waals surface area contributed by atoms with Crippen LogP contribution < -0.4 is 10.4 Å². The Labute approximate surface area is 223 Å². The number of hydrogen-bond acceptors (Lipinski definition) is 6. The highest BCUT2D eigenvalue weighted by Gasteiger charge is 2.53. The van der Waals surface area contributed by atoms with E-state index in [0.717, 1.165) is 24.0 Å². The van der Waals surface area contributed by atoms with Crippen molar-refractivity contribution < 1.29 is 19.5 Å². The van der Waals surface area contributed by atoms with E-state index in [2.05, 4.69) is 40.2 Å². The number of benzene rings is 2. The lowest BCUT2D eigenvalue weighted by Gasteiger charge is -2.45. The SMILES string of the molecule is CC(C)(C)OC(=O)N1CCC2(CC1)c1ccccc1N(Cc1ccc(C(=O)NO)cc1)C2c1cccnc1. The van der Waals surface area contributed by atoms with E-state index in [4.69, 9.17) is 9.94 Å². The third-order valence-corrected chi connectivity index (χ3v) is 7.56. The van der Waals surface area contributed by atoms with Gasteiger partial charge in [-0.15, -0.1) is 0 Å². The fourth-order valence-corrected chi connectivity index (χ4v) is 5.92. The van der Waals surface area contributed by atoms with E-state index in [1.807, 2.05) is 50.1 Å². The van der Waals surface area contributed by atoms with Gasteiger partial charge in [-0.3, -0.25) is 15.0 Å². The van der Waals surface area contributed by atoms with Gasteiger partial charge < -0.3 is 14.5 Å². The van der Waals surface area contributed by atoms with E-state index in [1.54, 1.807) is 23.8 Å². The van der Waals surface area contributed by atoms with Gasteiger partial charge in [0.2, 0.25) is 0 Å². The van der Waals surface area contributed by atoms with Gasteiger partial charge in [-0.25, -0.2) is 10.3 Å². The number of ether oxygens (including phenoxy) is 1. The lowest BCUT2D eigenvalue weighted by molar-refractivity contribution is 0.0153. The third-order valence-electron chi connectivity index (χ3n) is 7.56. The zero-order valence-electron chi connectivity index (χ0n) is 22.1. The van der Waals surface area contributed by atoms with E-state index >= 15 is 0 Å². The predicted octanol–water partition coefficient (Wildman–Crippen LogP) is 5.23. The quantitative estimate of drug-likeness (QED) is 0.366. The topological polar surface area (TPSA) is 95.0 Å². The molecule has 1 spiro atoms. The van der Waals surface area contributed by atoms with Crippen LogP contribution in [0.5, 0.6) is 0 Å². The van der Waals surface area contributed by atoms with Gasteiger partial charge in [0.15, 0.2) is 0 Å². The van der Waals surface area contributed by atoms with Crippen LogP contribution in [-0.4, -0.2) is 45.8 Å². The lowest BCUT2D eigenvalue weighted by atomic mass is 9.68. The summed E-state index contributed by atoms with van der Waals surface area (Å²) in [4.78, 5) is 33.4. The van der Waals surface area contributed by atoms with Gasteiger partial charge in [-0.1, -0.05) is 36.4 Å². The van der Waals surface area contributed by atoms with Crippen LogP contribution >= 0.6 is 0 Å². The van der Waals surface area contributed by atoms with Crippen molar-refractivity contribution in [2.24, 2.45) is 0 Å². The number of anilines is 1. The van der Waals surface area contributed by atoms with Gasteiger partial charge >= 0.3 is 6.09 Å². The summed E-state index contributed by atoms with van der Waals surface area (Å²) in [5.41, 5.74) is 5.98. The molecule has 1 saturated heterocycles. The molecular formula is C30H34N4O4. The van der Waals surface area contributed by atoms with Gasteiger partial charge in [0.25, 0.3) is 5.91 Å². The number of hydroxylamine groups is 1. The summed E-state index contributed by atoms with van der Waals surface area (Å²) in [5, 5.41) is 8.96. The van der Waals surface area contributed by atoms with Gasteiger partial charge in [0, 0.05) is 48.7 Å². The monoisotopic (exact) mass is 514 g/mol. The van der Waals surface area contributed by atoms with Crippen LogP contribution in [0.25, 0.3) is 0 Å². The van der Waals surface area contributed by atoms with Crippen LogP contribution in [0.3, 0.4) is 0 Å². The van der Waals surface area contributed by atoms with Crippen molar-refractivity contribution in [1.29, 1.82) is 0 Å². The first-order valence-corrected chi connectivity index (χ1v) is 13.0. The summed E-state index contributed by atoms with van der Waals surface area (Å²) >= 11 is 0. The van der Waals surface area contributed by atoms with Crippen molar-refractivity contribution in [3.63, 3.8) is 0 Å². The fraction of sp³-hybridized carbons (Fsp3) is 0.367. The van der Waals surface area contributed by atoms with Crippen LogP contribution in [0.2, 0.25) is 0 Å². The Bertz CT molecular complexity index is 1300. The Hall–Kier alpha value is -3.91. The lowest BCUT2D eigenvalue weighted by Crippen LogP contribution is -2.49. The van der Waals surface area contributed by atoms with Gasteiger partial charge in [0.05, 0.1) is 6.04 Å². The smallest absolute Gasteiger partial charge is 0.410 e. The molecule has 2 amide bonds. The second-order valence-electron chi connectivity index (χ2n) is 11.1. The second kappa shape index (κ2) is 10.1. The van der Waals surface area contributed by atoms with E-state index < -0.39 is 11.5 Å². The number of pyridine rings is 1. The average molecular weight is 515 g/mol. The molecule has 1 atom stereocenters. The number of fused-ring (bicyclic) bond motifs is 2. The highest BCUT2D eigenvalue weighted by Crippen LogP contribution is 2.58. The maximum absolute atomic E-state index is 12.9. The average Bonchev–Trinajstić information content (AvgIpc) is 3.17. The number of carbonyl (C=O) groups excluding carboxylic acids is 2. The number of rotatable bonds is 4. The second-order valence-corrected chi connectivity index (χ2v) is 11.1. The predicted molar refractivity (Wildman–Crippen MR) is 144 cm³/mol. The van der Waals surface area contributed by atoms with Crippen LogP contribution in [0.1, 0.15) is 66.7 Å². The highest BCUT2D eigenvalue weighted by atomic mass is 16.6. The number of nitrogens with zero attached hydrogens (tertiary/aromatic N) is 3. The molecule has 2 aliphatic rings. The van der Waals surface area contributed by atoms with E-state index in [9.17, 15) is 9.59 Å². The van der Waals surface area contributed by atoms with E-state index in [1.165, 1.54) is 11.3 Å². The fourth-order valence-electron chi connectivity index (χ4n) is 5.92. The van der Waals surface area contributed by atoms with Crippen LogP contribution in [0.15, 0.2) is 73.1 Å². The van der Waals surface area contributed by atoms with E-state index in [-0.39, 0.29) is 17.6 Å². The Morgan fingerprint density at radius 2 is 1.76 bits per heavy atom. The summed E-state index contributed by atoms with van der Waals surface area (Å²) < 4.78 is 5.67. The third kappa shape index (κ3) is 4.84. The van der Waals surface area contributed by atoms with Gasteiger partial charge in [-0.2, -0.15) is 0 Å². The Kier molecular flexibility index (Phi) is 6.84. The molecule has 3 heterocycles. The van der Waals surface area contributed by atoms with Gasteiger partial charge in [0.1, 0.15) is 5.60 Å². The standard InChI is InChI=1S/C30H34N4O4/c1-29(2,3)38-28(36)33-17-14-30(15-18-33)24-8-4-5-9-25(24)34(26(30)23-7-6-16-31-19-23)20-21-10-12-22(13-11-21)27(35)32-37/h4-13,16,19,26,37H,14-15,17-18,20H2,1-3H3,(H,32,35). The summed E-state index contributed by atoms with van der Waals surface area (Å²) in [7, 11) is 0. The van der Waals surface area contributed by atoms with Crippen molar-refractivity contribution in [2.45, 2.75) is 57.2 Å². The molecule has 2 aromatic carbocycles. The zero-order valence-corrected chi connectivity index (χ0v) is 22.1. The number of amides is 2. The zero-order chi connectivity index (χ0) is 26.9. The van der Waals surface area contributed by atoms with Crippen molar-refractivity contribution in [3.8, 4) is 0 Å².